The second-order valence-electron chi connectivity index (χ2n) is 5.00. The lowest BCUT2D eigenvalue weighted by Crippen LogP contribution is -2.28. The number of nitrogens with zero attached hydrogens (tertiary/aromatic N) is 2. The zero-order valence-electron chi connectivity index (χ0n) is 14.8. The van der Waals surface area contributed by atoms with E-state index in [1.807, 2.05) is 0 Å². The molecule has 10 nitrogen and oxygen atoms in total. The molecule has 1 aliphatic heterocycles. The molecule has 2 unspecified atom stereocenters. The highest BCUT2D eigenvalue weighted by molar-refractivity contribution is 5.71. The first kappa shape index (κ1) is 26.2. The maximum absolute atomic E-state index is 11.7. The summed E-state index contributed by atoms with van der Waals surface area (Å²) in [6.07, 6.45) is 3.28. The van der Waals surface area contributed by atoms with Crippen LogP contribution in [0.1, 0.15) is 46.8 Å². The van der Waals surface area contributed by atoms with Crippen LogP contribution in [-0.2, 0) is 14.3 Å². The van der Waals surface area contributed by atoms with E-state index < -0.39 is 17.9 Å². The molecule has 1 aliphatic rings. The van der Waals surface area contributed by atoms with Crippen LogP contribution in [0, 0.1) is 0 Å². The quantitative estimate of drug-likeness (QED) is 0.434. The summed E-state index contributed by atoms with van der Waals surface area (Å²) >= 11 is 0. The number of aliphatic hydroxyl groups excluding tert-OH is 1. The summed E-state index contributed by atoms with van der Waals surface area (Å²) in [5.41, 5.74) is 6.39. The van der Waals surface area contributed by atoms with Crippen molar-refractivity contribution in [2.75, 3.05) is 25.7 Å². The molecule has 152 valence electrons. The van der Waals surface area contributed by atoms with Crippen LogP contribution in [-0.4, -0.2) is 52.2 Å². The molecule has 1 aromatic heterocycles. The topological polar surface area (TPSA) is 149 Å². The molecule has 2 heterocycles. The van der Waals surface area contributed by atoms with Gasteiger partial charge in [-0.2, -0.15) is 4.98 Å². The van der Waals surface area contributed by atoms with Gasteiger partial charge in [-0.1, -0.05) is 27.7 Å². The van der Waals surface area contributed by atoms with E-state index in [1.165, 1.54) is 23.3 Å². The molecule has 0 radical (unpaired) electrons. The highest BCUT2D eigenvalue weighted by Gasteiger charge is 2.28. The number of aliphatic hydroxyl groups is 1. The fourth-order valence-electron chi connectivity index (χ4n) is 1.95. The first-order valence-electron chi connectivity index (χ1n) is 8.00. The van der Waals surface area contributed by atoms with Crippen molar-refractivity contribution in [2.45, 2.75) is 52.9 Å². The Morgan fingerprint density at radius 2 is 2.08 bits per heavy atom. The number of carbonyl (C=O) groups is 1. The number of anilines is 1. The van der Waals surface area contributed by atoms with Crippen molar-refractivity contribution >= 4 is 11.8 Å². The second kappa shape index (κ2) is 15.3. The Labute approximate surface area is 153 Å². The molecular weight excluding hydrogens is 344 g/mol. The van der Waals surface area contributed by atoms with Gasteiger partial charge in [-0.15, -0.1) is 0 Å². The number of hydrogen-bond donors (Lipinski definition) is 4. The number of carbonyl (C=O) groups excluding carboxylic acids is 1. The van der Waals surface area contributed by atoms with Crippen molar-refractivity contribution in [3.8, 4) is 0 Å². The monoisotopic (exact) mass is 376 g/mol. The van der Waals surface area contributed by atoms with Crippen molar-refractivity contribution in [1.82, 2.24) is 9.55 Å². The van der Waals surface area contributed by atoms with E-state index in [0.29, 0.717) is 12.8 Å². The standard InChI is InChI=1S/C11H16N4O5.C3H8.CH4O.CH4/c12-5-10(16)19-6-7-1-2-9(20-7)15-4-3-8(14-18)13-11(15)17;1-3-2;1-2;/h3-4,7,9,18H,1-2,5-6,12H2,(H,13,14,17);3H2,1-2H3;2H,1H3;1H4. The summed E-state index contributed by atoms with van der Waals surface area (Å²) in [7, 11) is 1.00. The number of aromatic nitrogens is 2. The smallest absolute Gasteiger partial charge is 0.351 e. The van der Waals surface area contributed by atoms with Crippen LogP contribution in [0.2, 0.25) is 0 Å². The molecule has 5 N–H and O–H groups in total. The summed E-state index contributed by atoms with van der Waals surface area (Å²) in [6, 6.07) is 1.45. The summed E-state index contributed by atoms with van der Waals surface area (Å²) in [4.78, 5) is 26.3. The van der Waals surface area contributed by atoms with E-state index in [2.05, 4.69) is 18.8 Å². The number of rotatable bonds is 5. The molecule has 26 heavy (non-hydrogen) atoms. The summed E-state index contributed by atoms with van der Waals surface area (Å²) in [5.74, 6) is -0.424. The van der Waals surface area contributed by atoms with Crippen molar-refractivity contribution in [3.05, 3.63) is 22.7 Å². The first-order valence-corrected chi connectivity index (χ1v) is 8.00. The Balaban J connectivity index is 0. The molecule has 0 aliphatic carbocycles. The van der Waals surface area contributed by atoms with Gasteiger partial charge in [-0.05, 0) is 18.9 Å². The third kappa shape index (κ3) is 8.90. The van der Waals surface area contributed by atoms with Crippen LogP contribution in [0.3, 0.4) is 0 Å². The van der Waals surface area contributed by atoms with Gasteiger partial charge in [0.2, 0.25) is 0 Å². The molecule has 2 rings (SSSR count). The molecule has 2 atom stereocenters. The lowest BCUT2D eigenvalue weighted by Gasteiger charge is -2.15. The van der Waals surface area contributed by atoms with Crippen LogP contribution in [0.25, 0.3) is 0 Å². The van der Waals surface area contributed by atoms with Gasteiger partial charge in [0.05, 0.1) is 12.6 Å². The first-order chi connectivity index (χ1) is 12.0. The molecule has 1 aromatic rings. The Morgan fingerprint density at radius 1 is 1.46 bits per heavy atom. The largest absolute Gasteiger partial charge is 0.462 e. The maximum Gasteiger partial charge on any atom is 0.351 e. The van der Waals surface area contributed by atoms with Crippen LogP contribution in [0.5, 0.6) is 0 Å². The Bertz CT molecular complexity index is 552. The van der Waals surface area contributed by atoms with E-state index in [4.69, 9.17) is 25.5 Å². The number of esters is 1. The highest BCUT2D eigenvalue weighted by atomic mass is 16.6. The number of ether oxygens (including phenoxy) is 2. The molecule has 10 heteroatoms. The van der Waals surface area contributed by atoms with Crippen LogP contribution in [0.15, 0.2) is 17.1 Å². The fourth-order valence-corrected chi connectivity index (χ4v) is 1.95. The SMILES string of the molecule is C.CCC.CO.NCC(=O)OCC1CCC(n2ccc(NO)nc2=O)O1. The minimum absolute atomic E-state index is 0. The molecule has 1 saturated heterocycles. The van der Waals surface area contributed by atoms with Gasteiger partial charge >= 0.3 is 11.7 Å². The minimum Gasteiger partial charge on any atom is -0.462 e. The third-order valence-electron chi connectivity index (χ3n) is 2.94. The van der Waals surface area contributed by atoms with Gasteiger partial charge < -0.3 is 20.3 Å². The number of hydrogen-bond acceptors (Lipinski definition) is 9. The molecule has 0 spiro atoms. The van der Waals surface area contributed by atoms with Crippen molar-refractivity contribution in [3.63, 3.8) is 0 Å². The zero-order valence-corrected chi connectivity index (χ0v) is 14.8. The van der Waals surface area contributed by atoms with Crippen molar-refractivity contribution in [2.24, 2.45) is 5.73 Å². The lowest BCUT2D eigenvalue weighted by atomic mass is 10.2. The molecule has 0 saturated carbocycles. The summed E-state index contributed by atoms with van der Waals surface area (Å²) in [5, 5.41) is 15.7. The minimum atomic E-state index is -0.534. The van der Waals surface area contributed by atoms with Crippen LogP contribution >= 0.6 is 0 Å². The van der Waals surface area contributed by atoms with Crippen LogP contribution in [0.4, 0.5) is 5.82 Å². The van der Waals surface area contributed by atoms with Crippen LogP contribution < -0.4 is 16.9 Å². The van der Waals surface area contributed by atoms with E-state index >= 15 is 0 Å². The van der Waals surface area contributed by atoms with E-state index in [9.17, 15) is 9.59 Å². The second-order valence-corrected chi connectivity index (χ2v) is 5.00. The fraction of sp³-hybridized carbons (Fsp3) is 0.688. The molecule has 0 amide bonds. The zero-order chi connectivity index (χ0) is 19.2. The maximum atomic E-state index is 11.7. The normalized spacial score (nSPS) is 17.6. The van der Waals surface area contributed by atoms with E-state index in [0.717, 1.165) is 7.11 Å². The van der Waals surface area contributed by atoms with Gasteiger partial charge in [0.25, 0.3) is 0 Å². The molecule has 0 bridgehead atoms. The summed E-state index contributed by atoms with van der Waals surface area (Å²) < 4.78 is 11.8. The predicted molar refractivity (Wildman–Crippen MR) is 97.9 cm³/mol. The Hall–Kier alpha value is -2.01. The average Bonchev–Trinajstić information content (AvgIpc) is 3.10. The molecule has 0 aromatic carbocycles. The third-order valence-corrected chi connectivity index (χ3v) is 2.94. The van der Waals surface area contributed by atoms with Crippen molar-refractivity contribution in [1.29, 1.82) is 0 Å². The predicted octanol–water partition coefficient (Wildman–Crippen LogP) is 0.885. The average molecular weight is 376 g/mol. The number of nitrogens with two attached hydrogens (primary N) is 1. The van der Waals surface area contributed by atoms with Gasteiger partial charge in [0, 0.05) is 13.3 Å². The van der Waals surface area contributed by atoms with E-state index in [-0.39, 0.29) is 32.5 Å². The van der Waals surface area contributed by atoms with E-state index in [1.54, 1.807) is 5.48 Å². The van der Waals surface area contributed by atoms with Gasteiger partial charge in [-0.25, -0.2) is 4.79 Å². The number of nitrogens with one attached hydrogen (secondary N) is 1. The Kier molecular flexibility index (Phi) is 15.4. The van der Waals surface area contributed by atoms with Gasteiger partial charge in [0.15, 0.2) is 5.82 Å². The lowest BCUT2D eigenvalue weighted by molar-refractivity contribution is -0.146. The van der Waals surface area contributed by atoms with Gasteiger partial charge in [-0.3, -0.25) is 20.0 Å². The van der Waals surface area contributed by atoms with Crippen molar-refractivity contribution < 1.29 is 24.6 Å². The summed E-state index contributed by atoms with van der Waals surface area (Å²) in [6.45, 7) is 4.19. The van der Waals surface area contributed by atoms with Gasteiger partial charge in [0.1, 0.15) is 12.8 Å². The molecule has 1 fully saturated rings. The molecular formula is C16H32N4O6. The Morgan fingerprint density at radius 3 is 2.58 bits per heavy atom. The highest BCUT2D eigenvalue weighted by Crippen LogP contribution is 2.27.